The first kappa shape index (κ1) is 13.8. The zero-order chi connectivity index (χ0) is 13.7. The normalized spacial score (nSPS) is 10.2. The van der Waals surface area contributed by atoms with Crippen LogP contribution >= 0.6 is 22.9 Å². The Labute approximate surface area is 120 Å². The van der Waals surface area contributed by atoms with E-state index in [4.69, 9.17) is 16.3 Å². The molecule has 0 aliphatic rings. The number of thiazole rings is 1. The quantitative estimate of drug-likeness (QED) is 0.857. The number of anilines is 1. The molecule has 0 saturated heterocycles. The smallest absolute Gasteiger partial charge is 0.360 e. The molecule has 0 atom stereocenters. The summed E-state index contributed by atoms with van der Waals surface area (Å²) in [5.74, 6) is -0.401. The summed E-state index contributed by atoms with van der Waals surface area (Å²) >= 11 is 7.20. The molecular formula is C13H13ClN2O2S. The summed E-state index contributed by atoms with van der Waals surface area (Å²) in [6, 6.07) is 7.52. The second-order valence-electron chi connectivity index (χ2n) is 3.73. The van der Waals surface area contributed by atoms with E-state index in [1.807, 2.05) is 24.3 Å². The van der Waals surface area contributed by atoms with Gasteiger partial charge >= 0.3 is 5.97 Å². The third kappa shape index (κ3) is 3.68. The fourth-order valence-corrected chi connectivity index (χ4v) is 2.29. The predicted octanol–water partition coefficient (Wildman–Crippen LogP) is 3.59. The average Bonchev–Trinajstić information content (AvgIpc) is 2.87. The molecule has 1 heterocycles. The van der Waals surface area contributed by atoms with Gasteiger partial charge in [0.25, 0.3) is 0 Å². The van der Waals surface area contributed by atoms with E-state index in [-0.39, 0.29) is 0 Å². The molecule has 0 aliphatic carbocycles. The van der Waals surface area contributed by atoms with E-state index in [0.717, 1.165) is 5.56 Å². The van der Waals surface area contributed by atoms with Crippen LogP contribution < -0.4 is 5.32 Å². The Morgan fingerprint density at radius 1 is 1.42 bits per heavy atom. The van der Waals surface area contributed by atoms with Crippen molar-refractivity contribution in [2.45, 2.75) is 13.5 Å². The van der Waals surface area contributed by atoms with Crippen molar-refractivity contribution in [2.24, 2.45) is 0 Å². The highest BCUT2D eigenvalue weighted by atomic mass is 35.5. The largest absolute Gasteiger partial charge is 0.461 e. The minimum atomic E-state index is -0.401. The van der Waals surface area contributed by atoms with Crippen LogP contribution in [0.1, 0.15) is 23.0 Å². The van der Waals surface area contributed by atoms with E-state index in [1.165, 1.54) is 11.3 Å². The van der Waals surface area contributed by atoms with Gasteiger partial charge in [0, 0.05) is 11.6 Å². The van der Waals surface area contributed by atoms with E-state index >= 15 is 0 Å². The second-order valence-corrected chi connectivity index (χ2v) is 5.02. The van der Waals surface area contributed by atoms with Crippen molar-refractivity contribution < 1.29 is 9.53 Å². The number of hydrogen-bond donors (Lipinski definition) is 1. The van der Waals surface area contributed by atoms with Crippen molar-refractivity contribution in [3.63, 3.8) is 0 Å². The molecule has 0 radical (unpaired) electrons. The lowest BCUT2D eigenvalue weighted by Crippen LogP contribution is -2.09. The highest BCUT2D eigenvalue weighted by Gasteiger charge is 2.15. The van der Waals surface area contributed by atoms with Crippen molar-refractivity contribution in [3.8, 4) is 0 Å². The number of rotatable bonds is 5. The van der Waals surface area contributed by atoms with Gasteiger partial charge in [-0.2, -0.15) is 0 Å². The van der Waals surface area contributed by atoms with Crippen molar-refractivity contribution >= 4 is 33.9 Å². The van der Waals surface area contributed by atoms with Crippen LogP contribution in [0.3, 0.4) is 0 Å². The lowest BCUT2D eigenvalue weighted by Gasteiger charge is -2.06. The molecular weight excluding hydrogens is 284 g/mol. The first-order valence-corrected chi connectivity index (χ1v) is 7.05. The van der Waals surface area contributed by atoms with Gasteiger partial charge in [-0.15, -0.1) is 11.3 Å². The molecule has 19 heavy (non-hydrogen) atoms. The van der Waals surface area contributed by atoms with E-state index in [2.05, 4.69) is 10.3 Å². The Morgan fingerprint density at radius 2 is 2.16 bits per heavy atom. The lowest BCUT2D eigenvalue weighted by atomic mass is 10.2. The monoisotopic (exact) mass is 296 g/mol. The van der Waals surface area contributed by atoms with Gasteiger partial charge in [-0.25, -0.2) is 9.78 Å². The van der Waals surface area contributed by atoms with Crippen LogP contribution in [-0.2, 0) is 11.3 Å². The fraction of sp³-hybridized carbons (Fsp3) is 0.231. The molecule has 2 aromatic rings. The van der Waals surface area contributed by atoms with Gasteiger partial charge in [0.1, 0.15) is 5.00 Å². The number of aromatic nitrogens is 1. The highest BCUT2D eigenvalue weighted by molar-refractivity contribution is 7.14. The number of esters is 1. The van der Waals surface area contributed by atoms with Gasteiger partial charge in [-0.3, -0.25) is 0 Å². The van der Waals surface area contributed by atoms with Crippen molar-refractivity contribution in [3.05, 3.63) is 46.1 Å². The minimum absolute atomic E-state index is 0.334. The Balaban J connectivity index is 2.02. The zero-order valence-corrected chi connectivity index (χ0v) is 11.9. The molecule has 1 aromatic carbocycles. The number of ether oxygens (including phenoxy) is 1. The molecule has 4 nitrogen and oxygen atoms in total. The van der Waals surface area contributed by atoms with Crippen LogP contribution in [0.2, 0.25) is 5.02 Å². The number of nitrogens with one attached hydrogen (secondary N) is 1. The summed E-state index contributed by atoms with van der Waals surface area (Å²) in [5, 5.41) is 4.60. The summed E-state index contributed by atoms with van der Waals surface area (Å²) in [5.41, 5.74) is 3.03. The lowest BCUT2D eigenvalue weighted by molar-refractivity contribution is 0.0521. The number of benzene rings is 1. The van der Waals surface area contributed by atoms with Crippen LogP contribution in [0.4, 0.5) is 5.00 Å². The highest BCUT2D eigenvalue weighted by Crippen LogP contribution is 2.22. The molecule has 6 heteroatoms. The molecule has 0 saturated carbocycles. The first-order chi connectivity index (χ1) is 9.20. The molecule has 1 N–H and O–H groups in total. The molecule has 1 aromatic heterocycles. The van der Waals surface area contributed by atoms with Gasteiger partial charge < -0.3 is 10.1 Å². The van der Waals surface area contributed by atoms with Gasteiger partial charge in [0.05, 0.1) is 12.1 Å². The Hall–Kier alpha value is -1.59. The minimum Gasteiger partial charge on any atom is -0.461 e. The average molecular weight is 297 g/mol. The molecule has 2 rings (SSSR count). The fourth-order valence-electron chi connectivity index (χ4n) is 1.50. The zero-order valence-electron chi connectivity index (χ0n) is 10.4. The van der Waals surface area contributed by atoms with Gasteiger partial charge in [0.15, 0.2) is 5.69 Å². The predicted molar refractivity (Wildman–Crippen MR) is 76.8 cm³/mol. The summed E-state index contributed by atoms with van der Waals surface area (Å²) in [4.78, 5) is 15.7. The number of carbonyl (C=O) groups is 1. The summed E-state index contributed by atoms with van der Waals surface area (Å²) in [7, 11) is 0. The number of nitrogens with zero attached hydrogens (tertiary/aromatic N) is 1. The van der Waals surface area contributed by atoms with Gasteiger partial charge in [-0.05, 0) is 24.6 Å². The standard InChI is InChI=1S/C13H13ClN2O2S/c1-2-18-13(17)11-12(19-8-16-11)15-7-9-3-5-10(14)6-4-9/h3-6,8,15H,2,7H2,1H3. The molecule has 0 fully saturated rings. The third-order valence-corrected chi connectivity index (χ3v) is 3.44. The Kier molecular flexibility index (Phi) is 4.76. The van der Waals surface area contributed by atoms with Gasteiger partial charge in [-0.1, -0.05) is 23.7 Å². The van der Waals surface area contributed by atoms with Crippen molar-refractivity contribution in [1.29, 1.82) is 0 Å². The Morgan fingerprint density at radius 3 is 2.84 bits per heavy atom. The number of hydrogen-bond acceptors (Lipinski definition) is 5. The van der Waals surface area contributed by atoms with Gasteiger partial charge in [0.2, 0.25) is 0 Å². The van der Waals surface area contributed by atoms with Crippen LogP contribution in [0.25, 0.3) is 0 Å². The molecule has 0 bridgehead atoms. The van der Waals surface area contributed by atoms with E-state index in [1.54, 1.807) is 12.4 Å². The second kappa shape index (κ2) is 6.54. The van der Waals surface area contributed by atoms with Crippen LogP contribution in [0.5, 0.6) is 0 Å². The maximum atomic E-state index is 11.6. The topological polar surface area (TPSA) is 51.2 Å². The van der Waals surface area contributed by atoms with Crippen LogP contribution in [-0.4, -0.2) is 17.6 Å². The Bertz CT molecular complexity index is 554. The van der Waals surface area contributed by atoms with Crippen LogP contribution in [0.15, 0.2) is 29.8 Å². The molecule has 100 valence electrons. The number of carbonyl (C=O) groups excluding carboxylic acids is 1. The SMILES string of the molecule is CCOC(=O)c1ncsc1NCc1ccc(Cl)cc1. The maximum Gasteiger partial charge on any atom is 0.360 e. The first-order valence-electron chi connectivity index (χ1n) is 5.79. The summed E-state index contributed by atoms with van der Waals surface area (Å²) in [6.07, 6.45) is 0. The molecule has 0 aliphatic heterocycles. The maximum absolute atomic E-state index is 11.6. The third-order valence-electron chi connectivity index (χ3n) is 2.40. The summed E-state index contributed by atoms with van der Waals surface area (Å²) < 4.78 is 4.94. The van der Waals surface area contributed by atoms with E-state index in [9.17, 15) is 4.79 Å². The van der Waals surface area contributed by atoms with Crippen molar-refractivity contribution in [2.75, 3.05) is 11.9 Å². The van der Waals surface area contributed by atoms with Crippen LogP contribution in [0, 0.1) is 0 Å². The van der Waals surface area contributed by atoms with E-state index in [0.29, 0.717) is 28.9 Å². The van der Waals surface area contributed by atoms with Crippen molar-refractivity contribution in [1.82, 2.24) is 4.98 Å². The molecule has 0 spiro atoms. The summed E-state index contributed by atoms with van der Waals surface area (Å²) in [6.45, 7) is 2.71. The molecule has 0 unspecified atom stereocenters. The molecule has 0 amide bonds. The van der Waals surface area contributed by atoms with E-state index < -0.39 is 5.97 Å². The number of halogens is 1.